The van der Waals surface area contributed by atoms with Gasteiger partial charge in [-0.2, -0.15) is 0 Å². The standard InChI is InChI=1S/C9H16O5/c1-6(4-10)13-5-7(2)14-8(3)9(11)12/h4,6-8H,5H2,1-3H3,(H,11,12). The number of hydrogen-bond donors (Lipinski definition) is 1. The van der Waals surface area contributed by atoms with Crippen molar-refractivity contribution in [1.29, 1.82) is 0 Å². The molecule has 0 aromatic heterocycles. The minimum Gasteiger partial charge on any atom is -0.479 e. The van der Waals surface area contributed by atoms with Gasteiger partial charge in [-0.25, -0.2) is 4.79 Å². The largest absolute Gasteiger partial charge is 0.479 e. The van der Waals surface area contributed by atoms with Crippen molar-refractivity contribution in [2.24, 2.45) is 0 Å². The molecule has 0 aliphatic heterocycles. The minimum absolute atomic E-state index is 0.206. The van der Waals surface area contributed by atoms with Crippen LogP contribution in [-0.2, 0) is 19.1 Å². The van der Waals surface area contributed by atoms with Crippen molar-refractivity contribution in [3.8, 4) is 0 Å². The third kappa shape index (κ3) is 5.66. The first-order valence-corrected chi connectivity index (χ1v) is 4.42. The summed E-state index contributed by atoms with van der Waals surface area (Å²) in [5.41, 5.74) is 0. The maximum Gasteiger partial charge on any atom is 0.332 e. The van der Waals surface area contributed by atoms with Gasteiger partial charge in [-0.15, -0.1) is 0 Å². The molecule has 0 amide bonds. The molecule has 0 bridgehead atoms. The molecular formula is C9H16O5. The third-order valence-corrected chi connectivity index (χ3v) is 1.57. The van der Waals surface area contributed by atoms with Crippen LogP contribution < -0.4 is 0 Å². The van der Waals surface area contributed by atoms with Crippen molar-refractivity contribution in [3.63, 3.8) is 0 Å². The lowest BCUT2D eigenvalue weighted by molar-refractivity contribution is -0.155. The summed E-state index contributed by atoms with van der Waals surface area (Å²) in [4.78, 5) is 20.6. The highest BCUT2D eigenvalue weighted by Crippen LogP contribution is 2.00. The van der Waals surface area contributed by atoms with Gasteiger partial charge >= 0.3 is 5.97 Å². The van der Waals surface area contributed by atoms with Crippen LogP contribution in [0.25, 0.3) is 0 Å². The summed E-state index contributed by atoms with van der Waals surface area (Å²) in [6.45, 7) is 4.96. The van der Waals surface area contributed by atoms with E-state index in [1.165, 1.54) is 6.92 Å². The highest BCUT2D eigenvalue weighted by atomic mass is 16.6. The quantitative estimate of drug-likeness (QED) is 0.610. The van der Waals surface area contributed by atoms with E-state index in [0.29, 0.717) is 6.29 Å². The Morgan fingerprint density at radius 1 is 1.43 bits per heavy atom. The Kier molecular flexibility index (Phi) is 6.07. The normalized spacial score (nSPS) is 17.1. The molecule has 0 radical (unpaired) electrons. The zero-order chi connectivity index (χ0) is 11.1. The average Bonchev–Trinajstić information content (AvgIpc) is 2.13. The molecule has 82 valence electrons. The van der Waals surface area contributed by atoms with E-state index in [1.807, 2.05) is 0 Å². The van der Waals surface area contributed by atoms with Crippen molar-refractivity contribution in [2.75, 3.05) is 6.61 Å². The van der Waals surface area contributed by atoms with Gasteiger partial charge in [-0.05, 0) is 20.8 Å². The van der Waals surface area contributed by atoms with E-state index in [-0.39, 0.29) is 12.7 Å². The van der Waals surface area contributed by atoms with Crippen LogP contribution in [0.1, 0.15) is 20.8 Å². The first-order chi connectivity index (χ1) is 6.47. The van der Waals surface area contributed by atoms with E-state index in [4.69, 9.17) is 14.6 Å². The Labute approximate surface area is 83.0 Å². The Hall–Kier alpha value is -0.940. The summed E-state index contributed by atoms with van der Waals surface area (Å²) in [5, 5.41) is 8.53. The van der Waals surface area contributed by atoms with Gasteiger partial charge in [0.25, 0.3) is 0 Å². The molecule has 5 heteroatoms. The summed E-state index contributed by atoms with van der Waals surface area (Å²) in [7, 11) is 0. The molecule has 3 unspecified atom stereocenters. The van der Waals surface area contributed by atoms with Gasteiger partial charge in [0.15, 0.2) is 6.10 Å². The zero-order valence-electron chi connectivity index (χ0n) is 8.60. The summed E-state index contributed by atoms with van der Waals surface area (Å²) in [6, 6.07) is 0. The molecule has 0 aliphatic rings. The maximum absolute atomic E-state index is 10.4. The topological polar surface area (TPSA) is 72.8 Å². The fraction of sp³-hybridized carbons (Fsp3) is 0.778. The zero-order valence-corrected chi connectivity index (χ0v) is 8.60. The lowest BCUT2D eigenvalue weighted by Gasteiger charge is -2.17. The van der Waals surface area contributed by atoms with Crippen molar-refractivity contribution < 1.29 is 24.2 Å². The fourth-order valence-electron chi connectivity index (χ4n) is 0.773. The Morgan fingerprint density at radius 2 is 2.00 bits per heavy atom. The lowest BCUT2D eigenvalue weighted by atomic mass is 10.3. The first-order valence-electron chi connectivity index (χ1n) is 4.42. The van der Waals surface area contributed by atoms with Crippen molar-refractivity contribution in [3.05, 3.63) is 0 Å². The molecule has 0 saturated carbocycles. The second-order valence-electron chi connectivity index (χ2n) is 3.10. The fourth-order valence-corrected chi connectivity index (χ4v) is 0.773. The number of aliphatic carboxylic acids is 1. The molecule has 14 heavy (non-hydrogen) atoms. The highest BCUT2D eigenvalue weighted by Gasteiger charge is 2.15. The molecule has 1 N–H and O–H groups in total. The second kappa shape index (κ2) is 6.50. The van der Waals surface area contributed by atoms with Gasteiger partial charge in [0, 0.05) is 0 Å². The van der Waals surface area contributed by atoms with Crippen molar-refractivity contribution in [1.82, 2.24) is 0 Å². The van der Waals surface area contributed by atoms with Gasteiger partial charge in [0.2, 0.25) is 0 Å². The monoisotopic (exact) mass is 204 g/mol. The number of carbonyl (C=O) groups excluding carboxylic acids is 1. The molecule has 0 rings (SSSR count). The van der Waals surface area contributed by atoms with E-state index < -0.39 is 18.2 Å². The van der Waals surface area contributed by atoms with Crippen LogP contribution in [0.3, 0.4) is 0 Å². The van der Waals surface area contributed by atoms with Crippen LogP contribution in [0.2, 0.25) is 0 Å². The number of ether oxygens (including phenoxy) is 2. The molecule has 0 spiro atoms. The predicted molar refractivity (Wildman–Crippen MR) is 49.1 cm³/mol. The van der Waals surface area contributed by atoms with E-state index in [0.717, 1.165) is 0 Å². The molecule has 3 atom stereocenters. The molecule has 0 aliphatic carbocycles. The lowest BCUT2D eigenvalue weighted by Crippen LogP contribution is -2.29. The van der Waals surface area contributed by atoms with Crippen LogP contribution in [0.4, 0.5) is 0 Å². The molecule has 0 aromatic carbocycles. The van der Waals surface area contributed by atoms with E-state index in [9.17, 15) is 9.59 Å². The summed E-state index contributed by atoms with van der Waals surface area (Å²) in [6.07, 6.45) is -1.02. The average molecular weight is 204 g/mol. The van der Waals surface area contributed by atoms with Crippen molar-refractivity contribution >= 4 is 12.3 Å². The molecule has 0 saturated heterocycles. The first kappa shape index (κ1) is 13.1. The number of hydrogen-bond acceptors (Lipinski definition) is 4. The molecule has 5 nitrogen and oxygen atoms in total. The second-order valence-corrected chi connectivity index (χ2v) is 3.10. The number of aldehydes is 1. The number of carboxylic acid groups (broad SMARTS) is 1. The summed E-state index contributed by atoms with van der Waals surface area (Å²) >= 11 is 0. The van der Waals surface area contributed by atoms with Gasteiger partial charge < -0.3 is 19.4 Å². The molecule has 0 aromatic rings. The van der Waals surface area contributed by atoms with Crippen LogP contribution in [0, 0.1) is 0 Å². The van der Waals surface area contributed by atoms with Crippen LogP contribution in [0.15, 0.2) is 0 Å². The van der Waals surface area contributed by atoms with Gasteiger partial charge in [0.1, 0.15) is 12.4 Å². The number of carboxylic acids is 1. The smallest absolute Gasteiger partial charge is 0.332 e. The van der Waals surface area contributed by atoms with E-state index in [2.05, 4.69) is 0 Å². The van der Waals surface area contributed by atoms with Crippen LogP contribution in [0.5, 0.6) is 0 Å². The third-order valence-electron chi connectivity index (χ3n) is 1.57. The SMILES string of the molecule is CC(C=O)OCC(C)OC(C)C(=O)O. The Morgan fingerprint density at radius 3 is 2.43 bits per heavy atom. The molecular weight excluding hydrogens is 188 g/mol. The van der Waals surface area contributed by atoms with Gasteiger partial charge in [-0.1, -0.05) is 0 Å². The van der Waals surface area contributed by atoms with Gasteiger partial charge in [-0.3, -0.25) is 0 Å². The van der Waals surface area contributed by atoms with Gasteiger partial charge in [0.05, 0.1) is 12.7 Å². The van der Waals surface area contributed by atoms with Crippen molar-refractivity contribution in [2.45, 2.75) is 39.1 Å². The predicted octanol–water partition coefficient (Wildman–Crippen LogP) is 0.469. The van der Waals surface area contributed by atoms with Crippen LogP contribution >= 0.6 is 0 Å². The summed E-state index contributed by atoms with van der Waals surface area (Å²) < 4.78 is 10.1. The highest BCUT2D eigenvalue weighted by molar-refractivity contribution is 5.71. The Bertz CT molecular complexity index is 192. The molecule has 0 fully saturated rings. The molecule has 0 heterocycles. The van der Waals surface area contributed by atoms with E-state index >= 15 is 0 Å². The Balaban J connectivity index is 3.69. The summed E-state index contributed by atoms with van der Waals surface area (Å²) in [5.74, 6) is -1.01. The number of rotatable bonds is 7. The maximum atomic E-state index is 10.4. The minimum atomic E-state index is -1.01. The number of carbonyl (C=O) groups is 2. The van der Waals surface area contributed by atoms with E-state index in [1.54, 1.807) is 13.8 Å². The van der Waals surface area contributed by atoms with Crippen LogP contribution in [-0.4, -0.2) is 42.3 Å².